The van der Waals surface area contributed by atoms with Gasteiger partial charge in [0.2, 0.25) is 0 Å². The van der Waals surface area contributed by atoms with Crippen LogP contribution in [0.2, 0.25) is 0 Å². The van der Waals surface area contributed by atoms with E-state index in [1.807, 2.05) is 0 Å². The second-order valence-electron chi connectivity index (χ2n) is 7.25. The van der Waals surface area contributed by atoms with Crippen molar-refractivity contribution in [1.29, 1.82) is 0 Å². The van der Waals surface area contributed by atoms with Gasteiger partial charge < -0.3 is 9.47 Å². The maximum Gasteiger partial charge on any atom is 0.308 e. The van der Waals surface area contributed by atoms with Crippen molar-refractivity contribution in [2.24, 2.45) is 11.8 Å². The Hall–Kier alpha value is -2.18. The second-order valence-corrected chi connectivity index (χ2v) is 7.25. The van der Waals surface area contributed by atoms with Crippen LogP contribution in [-0.2, 0) is 28.7 Å². The molecule has 7 nitrogen and oxygen atoms in total. The van der Waals surface area contributed by atoms with Gasteiger partial charge in [0.25, 0.3) is 11.8 Å². The Labute approximate surface area is 160 Å². The van der Waals surface area contributed by atoms with E-state index in [-0.39, 0.29) is 35.6 Å². The van der Waals surface area contributed by atoms with Gasteiger partial charge in [0, 0.05) is 25.1 Å². The Morgan fingerprint density at radius 3 is 2.26 bits per heavy atom. The number of rotatable bonds is 10. The lowest BCUT2D eigenvalue weighted by Gasteiger charge is -2.29. The molecule has 2 rings (SSSR count). The van der Waals surface area contributed by atoms with Crippen LogP contribution in [0.1, 0.15) is 57.8 Å². The lowest BCUT2D eigenvalue weighted by atomic mass is 9.82. The van der Waals surface area contributed by atoms with Crippen molar-refractivity contribution in [3.8, 4) is 0 Å². The van der Waals surface area contributed by atoms with Crippen molar-refractivity contribution in [2.45, 2.75) is 57.8 Å². The Morgan fingerprint density at radius 2 is 1.63 bits per heavy atom. The fourth-order valence-electron chi connectivity index (χ4n) is 3.57. The fraction of sp³-hybridized carbons (Fsp3) is 0.700. The van der Waals surface area contributed by atoms with E-state index in [0.717, 1.165) is 51.4 Å². The number of ether oxygens (including phenoxy) is 2. The van der Waals surface area contributed by atoms with Crippen LogP contribution in [-0.4, -0.2) is 48.9 Å². The van der Waals surface area contributed by atoms with Crippen molar-refractivity contribution in [3.05, 3.63) is 12.2 Å². The summed E-state index contributed by atoms with van der Waals surface area (Å²) in [4.78, 5) is 47.7. The van der Waals surface area contributed by atoms with Crippen LogP contribution in [0.15, 0.2) is 12.2 Å². The monoisotopic (exact) mass is 379 g/mol. The highest BCUT2D eigenvalue weighted by atomic mass is 16.5. The number of hydrogen-bond acceptors (Lipinski definition) is 6. The first kappa shape index (κ1) is 21.1. The number of carbonyl (C=O) groups is 4. The van der Waals surface area contributed by atoms with Crippen LogP contribution in [0, 0.1) is 11.8 Å². The lowest BCUT2D eigenvalue weighted by Crippen LogP contribution is -2.36. The normalized spacial score (nSPS) is 22.2. The molecule has 1 aliphatic carbocycles. The predicted octanol–water partition coefficient (Wildman–Crippen LogP) is 2.38. The summed E-state index contributed by atoms with van der Waals surface area (Å²) in [5.41, 5.74) is 0. The minimum Gasteiger partial charge on any atom is -0.469 e. The van der Waals surface area contributed by atoms with Crippen molar-refractivity contribution < 1.29 is 28.7 Å². The lowest BCUT2D eigenvalue weighted by molar-refractivity contribution is -0.150. The molecule has 0 aromatic heterocycles. The van der Waals surface area contributed by atoms with E-state index in [2.05, 4.69) is 4.74 Å². The first-order valence-corrected chi connectivity index (χ1v) is 9.78. The van der Waals surface area contributed by atoms with Gasteiger partial charge in [-0.3, -0.25) is 24.1 Å². The van der Waals surface area contributed by atoms with Crippen molar-refractivity contribution in [3.63, 3.8) is 0 Å². The fourth-order valence-corrected chi connectivity index (χ4v) is 3.57. The molecule has 2 aliphatic rings. The molecule has 1 heterocycles. The van der Waals surface area contributed by atoms with E-state index in [4.69, 9.17) is 4.74 Å². The molecule has 0 unspecified atom stereocenters. The summed E-state index contributed by atoms with van der Waals surface area (Å²) in [6.07, 6.45) is 9.61. The maximum absolute atomic E-state index is 12.2. The van der Waals surface area contributed by atoms with Gasteiger partial charge in [-0.15, -0.1) is 0 Å². The molecule has 2 amide bonds. The molecular formula is C20H29NO6. The number of methoxy groups -OCH3 is 1. The molecule has 0 spiro atoms. The molecule has 1 fully saturated rings. The number of nitrogens with zero attached hydrogens (tertiary/aromatic N) is 1. The highest BCUT2D eigenvalue weighted by Gasteiger charge is 2.31. The molecule has 0 aromatic rings. The highest BCUT2D eigenvalue weighted by molar-refractivity contribution is 6.12. The molecule has 1 aliphatic heterocycles. The van der Waals surface area contributed by atoms with Crippen molar-refractivity contribution in [1.82, 2.24) is 4.90 Å². The topological polar surface area (TPSA) is 90.0 Å². The molecule has 0 radical (unpaired) electrons. The zero-order valence-electron chi connectivity index (χ0n) is 16.0. The van der Waals surface area contributed by atoms with E-state index in [0.29, 0.717) is 19.6 Å². The number of amides is 2. The molecule has 1 saturated carbocycles. The van der Waals surface area contributed by atoms with Crippen molar-refractivity contribution >= 4 is 23.8 Å². The third-order valence-electron chi connectivity index (χ3n) is 5.27. The summed E-state index contributed by atoms with van der Waals surface area (Å²) in [5.74, 6) is -0.633. The van der Waals surface area contributed by atoms with E-state index < -0.39 is 0 Å². The van der Waals surface area contributed by atoms with Gasteiger partial charge in [-0.2, -0.15) is 0 Å². The Balaban J connectivity index is 1.54. The minimum atomic E-state index is -0.242. The predicted molar refractivity (Wildman–Crippen MR) is 97.4 cm³/mol. The maximum atomic E-state index is 12.2. The van der Waals surface area contributed by atoms with Gasteiger partial charge in [0.15, 0.2) is 0 Å². The summed E-state index contributed by atoms with van der Waals surface area (Å²) in [5, 5.41) is 0. The van der Waals surface area contributed by atoms with E-state index >= 15 is 0 Å². The summed E-state index contributed by atoms with van der Waals surface area (Å²) >= 11 is 0. The molecule has 0 saturated heterocycles. The van der Waals surface area contributed by atoms with E-state index in [9.17, 15) is 19.2 Å². The van der Waals surface area contributed by atoms with Gasteiger partial charge in [0.1, 0.15) is 0 Å². The summed E-state index contributed by atoms with van der Waals surface area (Å²) in [6, 6.07) is 0. The summed E-state index contributed by atoms with van der Waals surface area (Å²) < 4.78 is 9.96. The third kappa shape index (κ3) is 6.81. The van der Waals surface area contributed by atoms with Gasteiger partial charge >= 0.3 is 11.9 Å². The zero-order chi connectivity index (χ0) is 19.6. The second kappa shape index (κ2) is 10.8. The van der Waals surface area contributed by atoms with Gasteiger partial charge in [-0.05, 0) is 44.4 Å². The van der Waals surface area contributed by atoms with E-state index in [1.54, 1.807) is 0 Å². The van der Waals surface area contributed by atoms with Crippen LogP contribution < -0.4 is 0 Å². The van der Waals surface area contributed by atoms with Crippen LogP contribution >= 0.6 is 0 Å². The SMILES string of the molecule is COC(=O)CCCCCCOC(=O)C1CCC(CN2C(=O)C=CC2=O)CC1. The number of imide groups is 1. The van der Waals surface area contributed by atoms with Gasteiger partial charge in [-0.25, -0.2) is 0 Å². The standard InChI is InChI=1S/C20H29NO6/c1-26-19(24)6-4-2-3-5-13-27-20(25)16-9-7-15(8-10-16)14-21-17(22)11-12-18(21)23/h11-12,15-16H,2-10,13-14H2,1H3. The van der Waals surface area contributed by atoms with Gasteiger partial charge in [-0.1, -0.05) is 12.8 Å². The quantitative estimate of drug-likeness (QED) is 0.329. The van der Waals surface area contributed by atoms with Crippen LogP contribution in [0.3, 0.4) is 0 Å². The molecule has 27 heavy (non-hydrogen) atoms. The zero-order valence-corrected chi connectivity index (χ0v) is 16.0. The molecule has 0 N–H and O–H groups in total. The molecule has 7 heteroatoms. The third-order valence-corrected chi connectivity index (χ3v) is 5.27. The molecule has 0 bridgehead atoms. The number of unbranched alkanes of at least 4 members (excludes halogenated alkanes) is 3. The Bertz CT molecular complexity index is 559. The average Bonchev–Trinajstić information content (AvgIpc) is 2.99. The molecule has 0 aromatic carbocycles. The molecule has 150 valence electrons. The number of hydrogen-bond donors (Lipinski definition) is 0. The Morgan fingerprint density at radius 1 is 1.00 bits per heavy atom. The first-order chi connectivity index (χ1) is 13.0. The number of carbonyl (C=O) groups excluding carboxylic acids is 4. The minimum absolute atomic E-state index is 0.0799. The average molecular weight is 379 g/mol. The van der Waals surface area contributed by atoms with Crippen LogP contribution in [0.25, 0.3) is 0 Å². The highest BCUT2D eigenvalue weighted by Crippen LogP contribution is 2.30. The largest absolute Gasteiger partial charge is 0.469 e. The number of esters is 2. The Kier molecular flexibility index (Phi) is 8.48. The van der Waals surface area contributed by atoms with Gasteiger partial charge in [0.05, 0.1) is 19.6 Å². The summed E-state index contributed by atoms with van der Waals surface area (Å²) in [7, 11) is 1.39. The smallest absolute Gasteiger partial charge is 0.308 e. The first-order valence-electron chi connectivity index (χ1n) is 9.78. The van der Waals surface area contributed by atoms with Crippen LogP contribution in [0.5, 0.6) is 0 Å². The van der Waals surface area contributed by atoms with Crippen molar-refractivity contribution in [2.75, 3.05) is 20.3 Å². The van der Waals surface area contributed by atoms with Crippen LogP contribution in [0.4, 0.5) is 0 Å². The van der Waals surface area contributed by atoms with E-state index in [1.165, 1.54) is 24.2 Å². The summed E-state index contributed by atoms with van der Waals surface area (Å²) in [6.45, 7) is 0.859. The molecule has 0 atom stereocenters. The molecular weight excluding hydrogens is 350 g/mol.